The number of rotatable bonds is 5. The van der Waals surface area contributed by atoms with E-state index in [0.29, 0.717) is 6.54 Å². The maximum atomic E-state index is 5.25. The summed E-state index contributed by atoms with van der Waals surface area (Å²) in [7, 11) is 0. The van der Waals surface area contributed by atoms with Crippen molar-refractivity contribution in [3.63, 3.8) is 0 Å². The van der Waals surface area contributed by atoms with Gasteiger partial charge in [-0.1, -0.05) is 18.1 Å². The number of aryl methyl sites for hydroxylation is 1. The van der Waals surface area contributed by atoms with Gasteiger partial charge in [-0.05, 0) is 37.5 Å². The Bertz CT molecular complexity index is 667. The van der Waals surface area contributed by atoms with E-state index in [1.165, 1.54) is 22.0 Å². The first-order chi connectivity index (χ1) is 10.2. The fraction of sp³-hybridized carbons (Fsp3) is 0.353. The van der Waals surface area contributed by atoms with Crippen LogP contribution < -0.4 is 10.6 Å². The molecule has 22 heavy (non-hydrogen) atoms. The van der Waals surface area contributed by atoms with Crippen molar-refractivity contribution >= 4 is 40.8 Å². The van der Waals surface area contributed by atoms with Gasteiger partial charge in [-0.2, -0.15) is 0 Å². The Morgan fingerprint density at radius 1 is 1.36 bits per heavy atom. The molecule has 0 saturated carbocycles. The minimum atomic E-state index is 0. The first-order valence-electron chi connectivity index (χ1n) is 7.27. The van der Waals surface area contributed by atoms with Crippen LogP contribution in [0.2, 0.25) is 0 Å². The van der Waals surface area contributed by atoms with Gasteiger partial charge in [-0.15, -0.1) is 30.4 Å². The van der Waals surface area contributed by atoms with Gasteiger partial charge < -0.3 is 15.6 Å². The van der Waals surface area contributed by atoms with Gasteiger partial charge in [0, 0.05) is 30.2 Å². The van der Waals surface area contributed by atoms with Crippen molar-refractivity contribution in [2.45, 2.75) is 20.3 Å². The molecule has 0 aliphatic carbocycles. The summed E-state index contributed by atoms with van der Waals surface area (Å²) in [6.45, 7) is 6.17. The van der Waals surface area contributed by atoms with Gasteiger partial charge in [0.15, 0.2) is 5.96 Å². The molecule has 5 heteroatoms. The van der Waals surface area contributed by atoms with Gasteiger partial charge in [0.05, 0.1) is 6.54 Å². The second-order valence-corrected chi connectivity index (χ2v) is 4.93. The van der Waals surface area contributed by atoms with E-state index in [4.69, 9.17) is 6.42 Å². The van der Waals surface area contributed by atoms with E-state index in [9.17, 15) is 0 Å². The molecule has 0 aliphatic rings. The first kappa shape index (κ1) is 18.4. The smallest absolute Gasteiger partial charge is 0.192 e. The van der Waals surface area contributed by atoms with Crippen LogP contribution in [-0.2, 0) is 6.42 Å². The second kappa shape index (κ2) is 9.36. The quantitative estimate of drug-likeness (QED) is 0.307. The molecule has 2 rings (SSSR count). The summed E-state index contributed by atoms with van der Waals surface area (Å²) in [4.78, 5) is 7.86. The molecule has 0 aliphatic heterocycles. The van der Waals surface area contributed by atoms with E-state index in [2.05, 4.69) is 57.9 Å². The number of aromatic nitrogens is 1. The van der Waals surface area contributed by atoms with Gasteiger partial charge in [0.25, 0.3) is 0 Å². The third-order valence-corrected chi connectivity index (χ3v) is 3.28. The van der Waals surface area contributed by atoms with Gasteiger partial charge in [-0.25, -0.2) is 0 Å². The lowest BCUT2D eigenvalue weighted by Crippen LogP contribution is -2.37. The van der Waals surface area contributed by atoms with E-state index >= 15 is 0 Å². The van der Waals surface area contributed by atoms with Crippen LogP contribution in [-0.4, -0.2) is 30.6 Å². The van der Waals surface area contributed by atoms with Crippen molar-refractivity contribution in [2.75, 3.05) is 19.6 Å². The molecule has 118 valence electrons. The zero-order valence-corrected chi connectivity index (χ0v) is 15.4. The number of H-pyrrole nitrogens is 1. The Labute approximate surface area is 149 Å². The monoisotopic (exact) mass is 410 g/mol. The Morgan fingerprint density at radius 2 is 2.18 bits per heavy atom. The molecule has 1 aromatic carbocycles. The van der Waals surface area contributed by atoms with Crippen LogP contribution in [0.5, 0.6) is 0 Å². The summed E-state index contributed by atoms with van der Waals surface area (Å²) in [6.07, 6.45) is 8.22. The maximum Gasteiger partial charge on any atom is 0.192 e. The van der Waals surface area contributed by atoms with E-state index in [0.717, 1.165) is 25.5 Å². The predicted molar refractivity (Wildman–Crippen MR) is 105 cm³/mol. The van der Waals surface area contributed by atoms with Crippen LogP contribution >= 0.6 is 24.0 Å². The highest BCUT2D eigenvalue weighted by Gasteiger charge is 2.03. The maximum absolute atomic E-state index is 5.25. The number of fused-ring (bicyclic) bond motifs is 1. The molecule has 0 bridgehead atoms. The predicted octanol–water partition coefficient (Wildman–Crippen LogP) is 2.83. The number of nitrogens with one attached hydrogen (secondary N) is 3. The van der Waals surface area contributed by atoms with Crippen molar-refractivity contribution in [3.8, 4) is 12.3 Å². The molecule has 0 radical (unpaired) electrons. The fourth-order valence-electron chi connectivity index (χ4n) is 2.27. The number of nitrogens with zero attached hydrogens (tertiary/aromatic N) is 1. The molecule has 1 aromatic heterocycles. The molecule has 0 unspecified atom stereocenters. The highest BCUT2D eigenvalue weighted by Crippen LogP contribution is 2.19. The lowest BCUT2D eigenvalue weighted by Gasteiger charge is -2.08. The van der Waals surface area contributed by atoms with Gasteiger partial charge >= 0.3 is 0 Å². The Kier molecular flexibility index (Phi) is 7.82. The zero-order chi connectivity index (χ0) is 15.1. The number of benzene rings is 1. The van der Waals surface area contributed by atoms with E-state index in [1.54, 1.807) is 0 Å². The normalized spacial score (nSPS) is 10.9. The Hall–Kier alpha value is -1.68. The molecule has 1 heterocycles. The number of hydrogen-bond acceptors (Lipinski definition) is 1. The first-order valence-corrected chi connectivity index (χ1v) is 7.27. The third-order valence-electron chi connectivity index (χ3n) is 3.28. The van der Waals surface area contributed by atoms with Crippen molar-refractivity contribution in [1.82, 2.24) is 15.6 Å². The van der Waals surface area contributed by atoms with E-state index in [1.807, 2.05) is 6.92 Å². The van der Waals surface area contributed by atoms with Gasteiger partial charge in [0.1, 0.15) is 0 Å². The number of aromatic amines is 1. The number of hydrogen-bond donors (Lipinski definition) is 3. The van der Waals surface area contributed by atoms with E-state index in [-0.39, 0.29) is 24.0 Å². The van der Waals surface area contributed by atoms with Gasteiger partial charge in [0.2, 0.25) is 0 Å². The van der Waals surface area contributed by atoms with Crippen LogP contribution in [0.25, 0.3) is 10.9 Å². The van der Waals surface area contributed by atoms with Crippen LogP contribution in [0.4, 0.5) is 0 Å². The molecule has 0 spiro atoms. The molecule has 0 amide bonds. The Morgan fingerprint density at radius 3 is 2.91 bits per heavy atom. The lowest BCUT2D eigenvalue weighted by atomic mass is 10.1. The highest BCUT2D eigenvalue weighted by molar-refractivity contribution is 14.0. The standard InChI is InChI=1S/C17H22N4.HI/c1-4-9-19-17(18-5-2)20-10-8-14-12-21-16-11-13(3)6-7-15(14)16;/h1,6-7,11-12,21H,5,8-10H2,2-3H3,(H2,18,19,20);1H. The minimum Gasteiger partial charge on any atom is -0.361 e. The highest BCUT2D eigenvalue weighted by atomic mass is 127. The molecular weight excluding hydrogens is 387 g/mol. The van der Waals surface area contributed by atoms with Crippen LogP contribution in [0.15, 0.2) is 29.4 Å². The van der Waals surface area contributed by atoms with Crippen molar-refractivity contribution in [1.29, 1.82) is 0 Å². The third kappa shape index (κ3) is 4.95. The summed E-state index contributed by atoms with van der Waals surface area (Å²) >= 11 is 0. The topological polar surface area (TPSA) is 52.2 Å². The number of aliphatic imine (C=N–C) groups is 1. The van der Waals surface area contributed by atoms with Crippen LogP contribution in [0.1, 0.15) is 18.1 Å². The Balaban J connectivity index is 0.00000242. The average Bonchev–Trinajstić information content (AvgIpc) is 2.87. The van der Waals surface area contributed by atoms with E-state index < -0.39 is 0 Å². The number of halogens is 1. The molecule has 0 fully saturated rings. The van der Waals surface area contributed by atoms with Crippen molar-refractivity contribution < 1.29 is 0 Å². The largest absolute Gasteiger partial charge is 0.361 e. The SMILES string of the molecule is C#CCNC(=NCCc1c[nH]c2cc(C)ccc12)NCC.I. The summed E-state index contributed by atoms with van der Waals surface area (Å²) in [5.74, 6) is 3.32. The summed E-state index contributed by atoms with van der Waals surface area (Å²) in [5.41, 5.74) is 3.75. The van der Waals surface area contributed by atoms with Crippen molar-refractivity contribution in [2.24, 2.45) is 4.99 Å². The summed E-state index contributed by atoms with van der Waals surface area (Å²) < 4.78 is 0. The molecular formula is C17H23IN4. The molecule has 2 aromatic rings. The number of terminal acetylenes is 1. The van der Waals surface area contributed by atoms with Crippen LogP contribution in [0, 0.1) is 19.3 Å². The van der Waals surface area contributed by atoms with Crippen molar-refractivity contribution in [3.05, 3.63) is 35.5 Å². The number of guanidine groups is 1. The van der Waals surface area contributed by atoms with Gasteiger partial charge in [-0.3, -0.25) is 4.99 Å². The van der Waals surface area contributed by atoms with Crippen LogP contribution in [0.3, 0.4) is 0 Å². The lowest BCUT2D eigenvalue weighted by molar-refractivity contribution is 0.857. The zero-order valence-electron chi connectivity index (χ0n) is 13.1. The molecule has 0 atom stereocenters. The second-order valence-electron chi connectivity index (χ2n) is 4.93. The fourth-order valence-corrected chi connectivity index (χ4v) is 2.27. The summed E-state index contributed by atoms with van der Waals surface area (Å²) in [5, 5.41) is 7.54. The summed E-state index contributed by atoms with van der Waals surface area (Å²) in [6, 6.07) is 6.48. The average molecular weight is 410 g/mol. The molecule has 4 nitrogen and oxygen atoms in total. The minimum absolute atomic E-state index is 0. The molecule has 3 N–H and O–H groups in total. The molecule has 0 saturated heterocycles.